The molecule has 1 rings (SSSR count). The van der Waals surface area contributed by atoms with Crippen molar-refractivity contribution in [2.45, 2.75) is 26.2 Å². The molecule has 1 aliphatic rings. The van der Waals surface area contributed by atoms with Gasteiger partial charge in [0, 0.05) is 39.1 Å². The van der Waals surface area contributed by atoms with Crippen LogP contribution in [0.25, 0.3) is 0 Å². The van der Waals surface area contributed by atoms with Gasteiger partial charge in [-0.1, -0.05) is 6.92 Å². The molecule has 0 radical (unpaired) electrons. The highest BCUT2D eigenvalue weighted by Gasteiger charge is 2.08. The summed E-state index contributed by atoms with van der Waals surface area (Å²) in [5.41, 5.74) is 0. The molecule has 1 saturated heterocycles. The molecule has 0 unspecified atom stereocenters. The van der Waals surface area contributed by atoms with E-state index >= 15 is 0 Å². The van der Waals surface area contributed by atoms with E-state index in [2.05, 4.69) is 15.5 Å². The molecule has 0 saturated carbocycles. The molecule has 15 heavy (non-hydrogen) atoms. The number of hydrogen-bond acceptors (Lipinski definition) is 3. The van der Waals surface area contributed by atoms with Crippen molar-refractivity contribution >= 4 is 5.91 Å². The molecule has 0 spiro atoms. The maximum atomic E-state index is 11.2. The second-order valence-corrected chi connectivity index (χ2v) is 4.05. The standard InChI is InChI=1S/C11H23N3O/c1-2-4-11(15)13-5-3-8-14-9-6-12-7-10-14/h12H,2-10H2,1H3,(H,13,15). The van der Waals surface area contributed by atoms with E-state index in [1.807, 2.05) is 6.92 Å². The van der Waals surface area contributed by atoms with Crippen molar-refractivity contribution in [1.29, 1.82) is 0 Å². The van der Waals surface area contributed by atoms with Crippen molar-refractivity contribution in [2.75, 3.05) is 39.3 Å². The highest BCUT2D eigenvalue weighted by molar-refractivity contribution is 5.75. The second kappa shape index (κ2) is 7.65. The first kappa shape index (κ1) is 12.5. The summed E-state index contributed by atoms with van der Waals surface area (Å²) < 4.78 is 0. The molecule has 4 heteroatoms. The van der Waals surface area contributed by atoms with Gasteiger partial charge in [0.15, 0.2) is 0 Å². The lowest BCUT2D eigenvalue weighted by molar-refractivity contribution is -0.121. The maximum Gasteiger partial charge on any atom is 0.219 e. The molecule has 0 aliphatic carbocycles. The monoisotopic (exact) mass is 213 g/mol. The lowest BCUT2D eigenvalue weighted by Gasteiger charge is -2.27. The lowest BCUT2D eigenvalue weighted by atomic mass is 10.3. The van der Waals surface area contributed by atoms with Gasteiger partial charge in [-0.2, -0.15) is 0 Å². The van der Waals surface area contributed by atoms with Gasteiger partial charge in [0.05, 0.1) is 0 Å². The van der Waals surface area contributed by atoms with Crippen LogP contribution < -0.4 is 10.6 Å². The van der Waals surface area contributed by atoms with Crippen LogP contribution in [0.5, 0.6) is 0 Å². The summed E-state index contributed by atoms with van der Waals surface area (Å²) in [5.74, 6) is 0.192. The molecule has 0 aromatic carbocycles. The van der Waals surface area contributed by atoms with Crippen molar-refractivity contribution < 1.29 is 4.79 Å². The Kier molecular flexibility index (Phi) is 6.36. The summed E-state index contributed by atoms with van der Waals surface area (Å²) >= 11 is 0. The number of carbonyl (C=O) groups is 1. The van der Waals surface area contributed by atoms with Gasteiger partial charge in [0.2, 0.25) is 5.91 Å². The van der Waals surface area contributed by atoms with Crippen LogP contribution in [0.4, 0.5) is 0 Å². The SMILES string of the molecule is CCCC(=O)NCCCN1CCNCC1. The molecule has 0 aromatic rings. The van der Waals surface area contributed by atoms with Crippen molar-refractivity contribution in [3.05, 3.63) is 0 Å². The van der Waals surface area contributed by atoms with Crippen molar-refractivity contribution in [2.24, 2.45) is 0 Å². The molecule has 1 aliphatic heterocycles. The van der Waals surface area contributed by atoms with Gasteiger partial charge in [0.25, 0.3) is 0 Å². The molecule has 4 nitrogen and oxygen atoms in total. The Bertz CT molecular complexity index is 179. The van der Waals surface area contributed by atoms with E-state index in [9.17, 15) is 4.79 Å². The van der Waals surface area contributed by atoms with Gasteiger partial charge < -0.3 is 15.5 Å². The Balaban J connectivity index is 1.93. The Hall–Kier alpha value is -0.610. The molecular weight excluding hydrogens is 190 g/mol. The summed E-state index contributed by atoms with van der Waals surface area (Å²) in [7, 11) is 0. The Morgan fingerprint density at radius 2 is 2.13 bits per heavy atom. The van der Waals surface area contributed by atoms with E-state index in [0.717, 1.165) is 52.1 Å². The highest BCUT2D eigenvalue weighted by atomic mass is 16.1. The molecule has 1 fully saturated rings. The second-order valence-electron chi connectivity index (χ2n) is 4.05. The number of carbonyl (C=O) groups excluding carboxylic acids is 1. The average Bonchev–Trinajstić information content (AvgIpc) is 2.26. The van der Waals surface area contributed by atoms with Crippen LogP contribution >= 0.6 is 0 Å². The number of rotatable bonds is 6. The predicted octanol–water partition coefficient (Wildman–Crippen LogP) is 0.198. The van der Waals surface area contributed by atoms with Crippen LogP contribution in [0, 0.1) is 0 Å². The largest absolute Gasteiger partial charge is 0.356 e. The molecule has 1 heterocycles. The summed E-state index contributed by atoms with van der Waals surface area (Å²) in [6, 6.07) is 0. The molecule has 1 amide bonds. The van der Waals surface area contributed by atoms with E-state index in [4.69, 9.17) is 0 Å². The van der Waals surface area contributed by atoms with Gasteiger partial charge in [-0.15, -0.1) is 0 Å². The summed E-state index contributed by atoms with van der Waals surface area (Å²) in [5, 5.41) is 6.27. The number of nitrogens with zero attached hydrogens (tertiary/aromatic N) is 1. The zero-order valence-electron chi connectivity index (χ0n) is 9.72. The predicted molar refractivity (Wildman–Crippen MR) is 61.8 cm³/mol. The normalized spacial score (nSPS) is 17.7. The maximum absolute atomic E-state index is 11.2. The highest BCUT2D eigenvalue weighted by Crippen LogP contribution is 1.93. The van der Waals surface area contributed by atoms with E-state index in [0.29, 0.717) is 6.42 Å². The van der Waals surface area contributed by atoms with E-state index in [-0.39, 0.29) is 5.91 Å². The zero-order chi connectivity index (χ0) is 10.9. The first-order chi connectivity index (χ1) is 7.33. The minimum Gasteiger partial charge on any atom is -0.356 e. The van der Waals surface area contributed by atoms with E-state index in [1.165, 1.54) is 0 Å². The Morgan fingerprint density at radius 3 is 2.80 bits per heavy atom. The van der Waals surface area contributed by atoms with Gasteiger partial charge in [-0.25, -0.2) is 0 Å². The lowest BCUT2D eigenvalue weighted by Crippen LogP contribution is -2.44. The third-order valence-corrected chi connectivity index (χ3v) is 2.66. The van der Waals surface area contributed by atoms with Crippen molar-refractivity contribution in [1.82, 2.24) is 15.5 Å². The molecule has 0 bridgehead atoms. The van der Waals surface area contributed by atoms with Crippen LogP contribution in [0.2, 0.25) is 0 Å². The first-order valence-electron chi connectivity index (χ1n) is 6.02. The summed E-state index contributed by atoms with van der Waals surface area (Å²) in [6.45, 7) is 8.44. The van der Waals surface area contributed by atoms with Crippen molar-refractivity contribution in [3.63, 3.8) is 0 Å². The fraction of sp³-hybridized carbons (Fsp3) is 0.909. The third-order valence-electron chi connectivity index (χ3n) is 2.66. The number of nitrogens with one attached hydrogen (secondary N) is 2. The third kappa shape index (κ3) is 5.74. The van der Waals surface area contributed by atoms with Crippen molar-refractivity contribution in [3.8, 4) is 0 Å². The van der Waals surface area contributed by atoms with Gasteiger partial charge in [-0.3, -0.25) is 4.79 Å². The minimum atomic E-state index is 0.192. The molecule has 0 atom stereocenters. The van der Waals surface area contributed by atoms with Gasteiger partial charge in [-0.05, 0) is 19.4 Å². The molecule has 0 aromatic heterocycles. The smallest absolute Gasteiger partial charge is 0.219 e. The minimum absolute atomic E-state index is 0.192. The van der Waals surface area contributed by atoms with Crippen LogP contribution in [-0.4, -0.2) is 50.1 Å². The fourth-order valence-corrected chi connectivity index (χ4v) is 1.78. The number of hydrogen-bond donors (Lipinski definition) is 2. The number of piperazine rings is 1. The van der Waals surface area contributed by atoms with Crippen LogP contribution in [0.15, 0.2) is 0 Å². The zero-order valence-corrected chi connectivity index (χ0v) is 9.72. The number of amides is 1. The van der Waals surface area contributed by atoms with E-state index < -0.39 is 0 Å². The van der Waals surface area contributed by atoms with Crippen LogP contribution in [0.1, 0.15) is 26.2 Å². The first-order valence-corrected chi connectivity index (χ1v) is 6.02. The average molecular weight is 213 g/mol. The Labute approximate surface area is 92.4 Å². The molecule has 88 valence electrons. The van der Waals surface area contributed by atoms with E-state index in [1.54, 1.807) is 0 Å². The van der Waals surface area contributed by atoms with Crippen LogP contribution in [0.3, 0.4) is 0 Å². The van der Waals surface area contributed by atoms with Crippen LogP contribution in [-0.2, 0) is 4.79 Å². The molecule has 2 N–H and O–H groups in total. The quantitative estimate of drug-likeness (QED) is 0.619. The Morgan fingerprint density at radius 1 is 1.40 bits per heavy atom. The van der Waals surface area contributed by atoms with Gasteiger partial charge >= 0.3 is 0 Å². The molecular formula is C11H23N3O. The topological polar surface area (TPSA) is 44.4 Å². The fourth-order valence-electron chi connectivity index (χ4n) is 1.78. The van der Waals surface area contributed by atoms with Gasteiger partial charge in [0.1, 0.15) is 0 Å². The summed E-state index contributed by atoms with van der Waals surface area (Å²) in [4.78, 5) is 13.6. The summed E-state index contributed by atoms with van der Waals surface area (Å²) in [6.07, 6.45) is 2.66.